The maximum absolute atomic E-state index is 9.99. The summed E-state index contributed by atoms with van der Waals surface area (Å²) in [6.07, 6.45) is 3.08. The van der Waals surface area contributed by atoms with E-state index in [1.807, 2.05) is 6.07 Å². The minimum atomic E-state index is -0.580. The van der Waals surface area contributed by atoms with Gasteiger partial charge in [0.05, 0.1) is 11.7 Å². The molecule has 0 spiro atoms. The highest BCUT2D eigenvalue weighted by Gasteiger charge is 2.18. The molecule has 0 amide bonds. The van der Waals surface area contributed by atoms with E-state index in [4.69, 9.17) is 11.0 Å². The van der Waals surface area contributed by atoms with E-state index in [1.54, 1.807) is 18.2 Å². The van der Waals surface area contributed by atoms with Crippen LogP contribution < -0.4 is 11.1 Å². The van der Waals surface area contributed by atoms with E-state index in [-0.39, 0.29) is 17.0 Å². The Hall–Kier alpha value is -1.09. The van der Waals surface area contributed by atoms with Crippen LogP contribution in [0.5, 0.6) is 0 Å². The van der Waals surface area contributed by atoms with Crippen LogP contribution >= 0.6 is 17.0 Å². The lowest BCUT2D eigenvalue weighted by molar-refractivity contribution is 0.161. The van der Waals surface area contributed by atoms with Crippen molar-refractivity contribution in [3.05, 3.63) is 29.3 Å². The molecule has 1 saturated carbocycles. The number of nitrogens with two attached hydrogens (primary N) is 1. The van der Waals surface area contributed by atoms with E-state index in [0.29, 0.717) is 23.8 Å². The van der Waals surface area contributed by atoms with Gasteiger partial charge < -0.3 is 16.2 Å². The van der Waals surface area contributed by atoms with Crippen molar-refractivity contribution in [2.75, 3.05) is 12.3 Å². The predicted octanol–water partition coefficient (Wildman–Crippen LogP) is 1.89. The third kappa shape index (κ3) is 3.45. The topological polar surface area (TPSA) is 82.1 Å². The van der Waals surface area contributed by atoms with Crippen LogP contribution in [0.25, 0.3) is 0 Å². The first kappa shape index (κ1) is 15.0. The molecule has 4 nitrogen and oxygen atoms in total. The Morgan fingerprint density at radius 1 is 1.50 bits per heavy atom. The van der Waals surface area contributed by atoms with Crippen molar-refractivity contribution in [1.29, 1.82) is 5.26 Å². The Morgan fingerprint density at radius 3 is 2.78 bits per heavy atom. The third-order valence-corrected chi connectivity index (χ3v) is 3.29. The average molecular weight is 312 g/mol. The summed E-state index contributed by atoms with van der Waals surface area (Å²) in [6, 6.07) is 7.66. The standard InChI is InChI=1S/C13H17N3O.BrH/c14-7-10-6-9(4-5-12(10)15)13(17)8-16-11-2-1-3-11;/h4-6,11,13,16-17H,1-3,8,15H2;1H. The number of benzene rings is 1. The highest BCUT2D eigenvalue weighted by Crippen LogP contribution is 2.21. The van der Waals surface area contributed by atoms with Crippen molar-refractivity contribution in [2.45, 2.75) is 31.4 Å². The van der Waals surface area contributed by atoms with Crippen LogP contribution in [0.15, 0.2) is 18.2 Å². The molecule has 1 aliphatic carbocycles. The van der Waals surface area contributed by atoms with Crippen LogP contribution in [-0.2, 0) is 0 Å². The lowest BCUT2D eigenvalue weighted by Crippen LogP contribution is -2.37. The third-order valence-electron chi connectivity index (χ3n) is 3.29. The smallest absolute Gasteiger partial charge is 0.101 e. The highest BCUT2D eigenvalue weighted by molar-refractivity contribution is 8.93. The zero-order chi connectivity index (χ0) is 12.3. The predicted molar refractivity (Wildman–Crippen MR) is 76.5 cm³/mol. The molecular weight excluding hydrogens is 294 g/mol. The van der Waals surface area contributed by atoms with Gasteiger partial charge in [-0.15, -0.1) is 17.0 Å². The molecule has 0 heterocycles. The average Bonchev–Trinajstić information content (AvgIpc) is 2.27. The molecule has 0 aromatic heterocycles. The number of nitrogen functional groups attached to an aromatic ring is 1. The van der Waals surface area contributed by atoms with E-state index in [0.717, 1.165) is 5.56 Å². The van der Waals surface area contributed by atoms with Crippen LogP contribution in [0, 0.1) is 11.3 Å². The van der Waals surface area contributed by atoms with Crippen LogP contribution in [-0.4, -0.2) is 17.7 Å². The lowest BCUT2D eigenvalue weighted by atomic mass is 9.93. The van der Waals surface area contributed by atoms with E-state index in [1.165, 1.54) is 19.3 Å². The molecule has 5 heteroatoms. The van der Waals surface area contributed by atoms with Gasteiger partial charge in [-0.25, -0.2) is 0 Å². The zero-order valence-electron chi connectivity index (χ0n) is 10.1. The molecule has 0 saturated heterocycles. The van der Waals surface area contributed by atoms with Gasteiger partial charge in [0.1, 0.15) is 6.07 Å². The van der Waals surface area contributed by atoms with Gasteiger partial charge in [-0.05, 0) is 30.5 Å². The van der Waals surface area contributed by atoms with Gasteiger partial charge in [0, 0.05) is 18.3 Å². The molecule has 4 N–H and O–H groups in total. The van der Waals surface area contributed by atoms with Gasteiger partial charge in [-0.3, -0.25) is 0 Å². The van der Waals surface area contributed by atoms with Crippen molar-refractivity contribution in [1.82, 2.24) is 5.32 Å². The van der Waals surface area contributed by atoms with E-state index in [9.17, 15) is 5.11 Å². The number of nitrogens with one attached hydrogen (secondary N) is 1. The summed E-state index contributed by atoms with van der Waals surface area (Å²) < 4.78 is 0. The first-order chi connectivity index (χ1) is 8.20. The number of nitrogens with zero attached hydrogens (tertiary/aromatic N) is 1. The van der Waals surface area contributed by atoms with E-state index >= 15 is 0 Å². The maximum atomic E-state index is 9.99. The number of rotatable bonds is 4. The SMILES string of the molecule is Br.N#Cc1cc(C(O)CNC2CCC2)ccc1N. The molecule has 1 aliphatic rings. The number of hydrogen-bond acceptors (Lipinski definition) is 4. The summed E-state index contributed by atoms with van der Waals surface area (Å²) in [5.74, 6) is 0. The second-order valence-electron chi connectivity index (χ2n) is 4.51. The fourth-order valence-electron chi connectivity index (χ4n) is 1.89. The molecule has 1 fully saturated rings. The van der Waals surface area contributed by atoms with Crippen molar-refractivity contribution >= 4 is 22.7 Å². The van der Waals surface area contributed by atoms with Gasteiger partial charge in [0.25, 0.3) is 0 Å². The fraction of sp³-hybridized carbons (Fsp3) is 0.462. The molecular formula is C13H18BrN3O. The summed E-state index contributed by atoms with van der Waals surface area (Å²) in [5.41, 5.74) is 7.25. The van der Waals surface area contributed by atoms with Crippen molar-refractivity contribution in [3.8, 4) is 6.07 Å². The molecule has 98 valence electrons. The van der Waals surface area contributed by atoms with E-state index in [2.05, 4.69) is 5.32 Å². The summed E-state index contributed by atoms with van der Waals surface area (Å²) >= 11 is 0. The largest absolute Gasteiger partial charge is 0.398 e. The van der Waals surface area contributed by atoms with Gasteiger partial charge in [0.2, 0.25) is 0 Å². The summed E-state index contributed by atoms with van der Waals surface area (Å²) in [5, 5.41) is 22.2. The molecule has 1 atom stereocenters. The monoisotopic (exact) mass is 311 g/mol. The molecule has 1 aromatic carbocycles. The number of anilines is 1. The molecule has 18 heavy (non-hydrogen) atoms. The van der Waals surface area contributed by atoms with Crippen molar-refractivity contribution in [3.63, 3.8) is 0 Å². The molecule has 1 unspecified atom stereocenters. The van der Waals surface area contributed by atoms with Crippen LogP contribution in [0.4, 0.5) is 5.69 Å². The minimum Gasteiger partial charge on any atom is -0.398 e. The second kappa shape index (κ2) is 6.74. The normalized spacial score (nSPS) is 16.2. The van der Waals surface area contributed by atoms with Gasteiger partial charge in [0.15, 0.2) is 0 Å². The van der Waals surface area contributed by atoms with Gasteiger partial charge in [-0.2, -0.15) is 5.26 Å². The zero-order valence-corrected chi connectivity index (χ0v) is 11.8. The van der Waals surface area contributed by atoms with Gasteiger partial charge >= 0.3 is 0 Å². The van der Waals surface area contributed by atoms with Crippen molar-refractivity contribution < 1.29 is 5.11 Å². The Labute approximate surface area is 118 Å². The lowest BCUT2D eigenvalue weighted by Gasteiger charge is -2.27. The number of nitriles is 1. The van der Waals surface area contributed by atoms with Crippen molar-refractivity contribution in [2.24, 2.45) is 0 Å². The summed E-state index contributed by atoms with van der Waals surface area (Å²) in [7, 11) is 0. The molecule has 1 aromatic rings. The second-order valence-corrected chi connectivity index (χ2v) is 4.51. The number of aliphatic hydroxyl groups excluding tert-OH is 1. The number of halogens is 1. The first-order valence-electron chi connectivity index (χ1n) is 5.91. The Bertz CT molecular complexity index is 440. The van der Waals surface area contributed by atoms with Crippen LogP contribution in [0.2, 0.25) is 0 Å². The summed E-state index contributed by atoms with van der Waals surface area (Å²) in [4.78, 5) is 0. The Morgan fingerprint density at radius 2 is 2.22 bits per heavy atom. The summed E-state index contributed by atoms with van der Waals surface area (Å²) in [6.45, 7) is 0.527. The Kier molecular flexibility index (Phi) is 5.60. The van der Waals surface area contributed by atoms with Crippen LogP contribution in [0.3, 0.4) is 0 Å². The van der Waals surface area contributed by atoms with Gasteiger partial charge in [-0.1, -0.05) is 12.5 Å². The van der Waals surface area contributed by atoms with E-state index < -0.39 is 6.10 Å². The van der Waals surface area contributed by atoms with Crippen LogP contribution in [0.1, 0.15) is 36.5 Å². The number of hydrogen-bond donors (Lipinski definition) is 3. The highest BCUT2D eigenvalue weighted by atomic mass is 79.9. The Balaban J connectivity index is 0.00000162. The minimum absolute atomic E-state index is 0. The first-order valence-corrected chi connectivity index (χ1v) is 5.91. The fourth-order valence-corrected chi connectivity index (χ4v) is 1.89. The molecule has 0 bridgehead atoms. The maximum Gasteiger partial charge on any atom is 0.101 e. The molecule has 0 aliphatic heterocycles. The molecule has 0 radical (unpaired) electrons. The number of aliphatic hydroxyl groups is 1. The quantitative estimate of drug-likeness (QED) is 0.742. The molecule has 2 rings (SSSR count).